The Labute approximate surface area is 169 Å². The number of rotatable bonds is 4. The van der Waals surface area contributed by atoms with Gasteiger partial charge in [-0.25, -0.2) is 4.79 Å². The van der Waals surface area contributed by atoms with E-state index in [0.29, 0.717) is 18.5 Å². The van der Waals surface area contributed by atoms with Gasteiger partial charge in [0.25, 0.3) is 11.8 Å². The summed E-state index contributed by atoms with van der Waals surface area (Å²) in [6.45, 7) is -0.449. The molecule has 0 spiro atoms. The third-order valence-electron chi connectivity index (χ3n) is 2.98. The fourth-order valence-electron chi connectivity index (χ4n) is 1.85. The molecule has 1 heterocycles. The molecule has 126 valence electrons. The molecule has 1 aliphatic rings. The summed E-state index contributed by atoms with van der Waals surface area (Å²) in [6, 6.07) is 3.39. The Morgan fingerprint density at radius 3 is 2.50 bits per heavy atom. The zero-order valence-corrected chi connectivity index (χ0v) is 17.3. The maximum absolute atomic E-state index is 12.2. The monoisotopic (exact) mass is 572 g/mol. The highest BCUT2D eigenvalue weighted by atomic mass is 127. The number of benzene rings is 1. The van der Waals surface area contributed by atoms with Crippen molar-refractivity contribution >= 4 is 86.4 Å². The molecule has 0 bridgehead atoms. The lowest BCUT2D eigenvalue weighted by Gasteiger charge is -2.25. The van der Waals surface area contributed by atoms with Crippen molar-refractivity contribution < 1.29 is 24.2 Å². The molecular formula is C14H10I2N2O5S. The number of carboxylic acid groups (broad SMARTS) is 1. The Kier molecular flexibility index (Phi) is 6.14. The highest BCUT2D eigenvalue weighted by Crippen LogP contribution is 2.30. The number of thiocarbonyl (C=S) groups is 1. The molecule has 2 N–H and O–H groups in total. The van der Waals surface area contributed by atoms with Crippen LogP contribution in [-0.2, 0) is 14.4 Å². The second-order valence-corrected chi connectivity index (χ2v) is 7.39. The number of amides is 2. The Balaban J connectivity index is 2.36. The molecular weight excluding hydrogens is 562 g/mol. The minimum atomic E-state index is -1.07. The Bertz CT molecular complexity index is 770. The van der Waals surface area contributed by atoms with E-state index in [1.807, 2.05) is 45.2 Å². The predicted octanol–water partition coefficient (Wildman–Crippen LogP) is 1.62. The molecule has 0 aromatic heterocycles. The van der Waals surface area contributed by atoms with E-state index < -0.39 is 24.4 Å². The summed E-state index contributed by atoms with van der Waals surface area (Å²) < 4.78 is 6.57. The smallest absolute Gasteiger partial charge is 0.341 e. The average Bonchev–Trinajstić information content (AvgIpc) is 2.48. The topological polar surface area (TPSA) is 95.9 Å². The van der Waals surface area contributed by atoms with E-state index >= 15 is 0 Å². The highest BCUT2D eigenvalue weighted by Gasteiger charge is 2.30. The van der Waals surface area contributed by atoms with Crippen molar-refractivity contribution in [2.75, 3.05) is 13.7 Å². The lowest BCUT2D eigenvalue weighted by atomic mass is 10.1. The summed E-state index contributed by atoms with van der Waals surface area (Å²) in [5.74, 6) is -1.67. The van der Waals surface area contributed by atoms with E-state index in [0.717, 1.165) is 0 Å². The zero-order valence-electron chi connectivity index (χ0n) is 12.1. The first-order chi connectivity index (χ1) is 11.2. The van der Waals surface area contributed by atoms with Gasteiger partial charge in [-0.05, 0) is 81.2 Å². The normalized spacial score (nSPS) is 16.4. The number of nitrogens with zero attached hydrogens (tertiary/aromatic N) is 1. The van der Waals surface area contributed by atoms with Crippen LogP contribution >= 0.6 is 57.4 Å². The van der Waals surface area contributed by atoms with Gasteiger partial charge in [-0.15, -0.1) is 0 Å². The number of ether oxygens (including phenoxy) is 1. The number of carbonyl (C=O) groups excluding carboxylic acids is 2. The first-order valence-electron chi connectivity index (χ1n) is 6.39. The third kappa shape index (κ3) is 4.22. The highest BCUT2D eigenvalue weighted by molar-refractivity contribution is 14.1. The molecule has 1 aromatic carbocycles. The van der Waals surface area contributed by atoms with Crippen LogP contribution in [0.5, 0.6) is 5.75 Å². The maximum atomic E-state index is 12.2. The molecule has 0 aliphatic carbocycles. The summed E-state index contributed by atoms with van der Waals surface area (Å²) in [7, 11) is 1.48. The van der Waals surface area contributed by atoms with Crippen LogP contribution in [0.4, 0.5) is 0 Å². The van der Waals surface area contributed by atoms with Crippen molar-refractivity contribution in [3.8, 4) is 5.75 Å². The fourth-order valence-corrected chi connectivity index (χ4v) is 4.15. The molecule has 0 radical (unpaired) electrons. The van der Waals surface area contributed by atoms with Gasteiger partial charge in [0.05, 0.1) is 7.14 Å². The van der Waals surface area contributed by atoms with Crippen molar-refractivity contribution in [1.29, 1.82) is 0 Å². The predicted molar refractivity (Wildman–Crippen MR) is 106 cm³/mol. The maximum Gasteiger partial charge on any atom is 0.341 e. The number of halogens is 2. The minimum Gasteiger partial charge on any atom is -0.480 e. The summed E-state index contributed by atoms with van der Waals surface area (Å²) in [5, 5.41) is 11.2. The second-order valence-electron chi connectivity index (χ2n) is 4.68. The minimum absolute atomic E-state index is 0.0306. The zero-order chi connectivity index (χ0) is 18.0. The molecule has 1 saturated heterocycles. The van der Waals surface area contributed by atoms with E-state index in [4.69, 9.17) is 22.1 Å². The van der Waals surface area contributed by atoms with Crippen LogP contribution in [0.15, 0.2) is 17.7 Å². The second kappa shape index (κ2) is 7.74. The molecule has 1 aromatic rings. The number of hydrogen-bond acceptors (Lipinski definition) is 5. The molecule has 1 fully saturated rings. The Morgan fingerprint density at radius 1 is 1.38 bits per heavy atom. The van der Waals surface area contributed by atoms with Gasteiger partial charge in [-0.3, -0.25) is 19.8 Å². The van der Waals surface area contributed by atoms with Crippen LogP contribution in [0.2, 0.25) is 0 Å². The van der Waals surface area contributed by atoms with E-state index in [2.05, 4.69) is 5.32 Å². The van der Waals surface area contributed by atoms with E-state index in [1.165, 1.54) is 18.0 Å². The molecule has 1 aliphatic heterocycles. The molecule has 2 rings (SSSR count). The molecule has 0 saturated carbocycles. The number of aliphatic carboxylic acids is 1. The quantitative estimate of drug-likeness (QED) is 0.247. The summed E-state index contributed by atoms with van der Waals surface area (Å²) in [4.78, 5) is 36.0. The summed E-state index contributed by atoms with van der Waals surface area (Å²) in [6.07, 6.45) is 1.46. The Morgan fingerprint density at radius 2 is 1.96 bits per heavy atom. The Hall–Kier alpha value is -1.28. The standard InChI is InChI=1S/C14H10I2N2O5S/c1-18-13(22)7(12(21)17-14(18)24)2-6-3-8(15)11(9(16)4-6)23-5-10(19)20/h2-4H,5H2,1H3,(H,19,20)(H,17,21,24)/b7-2+. The molecule has 7 nitrogen and oxygen atoms in total. The van der Waals surface area contributed by atoms with E-state index in [-0.39, 0.29) is 10.7 Å². The van der Waals surface area contributed by atoms with Gasteiger partial charge in [0.15, 0.2) is 11.7 Å². The summed E-state index contributed by atoms with van der Waals surface area (Å²) >= 11 is 8.89. The first-order valence-corrected chi connectivity index (χ1v) is 8.96. The third-order valence-corrected chi connectivity index (χ3v) is 4.95. The van der Waals surface area contributed by atoms with Crippen molar-refractivity contribution in [1.82, 2.24) is 10.2 Å². The van der Waals surface area contributed by atoms with Crippen LogP contribution < -0.4 is 10.1 Å². The first kappa shape index (κ1) is 19.1. The lowest BCUT2D eigenvalue weighted by Crippen LogP contribution is -2.52. The van der Waals surface area contributed by atoms with Gasteiger partial charge >= 0.3 is 5.97 Å². The van der Waals surface area contributed by atoms with E-state index in [9.17, 15) is 14.4 Å². The van der Waals surface area contributed by atoms with Crippen molar-refractivity contribution in [2.24, 2.45) is 0 Å². The molecule has 0 atom stereocenters. The van der Waals surface area contributed by atoms with Crippen LogP contribution in [-0.4, -0.2) is 46.6 Å². The number of likely N-dealkylation sites (N-methyl/N-ethyl adjacent to an activating group) is 1. The molecule has 0 unspecified atom stereocenters. The fraction of sp³-hybridized carbons (Fsp3) is 0.143. The van der Waals surface area contributed by atoms with Gasteiger partial charge in [-0.1, -0.05) is 0 Å². The SMILES string of the molecule is CN1C(=O)/C(=C/c2cc(I)c(OCC(=O)O)c(I)c2)C(=O)NC1=S. The van der Waals surface area contributed by atoms with Crippen LogP contribution in [0.3, 0.4) is 0 Å². The molecule has 10 heteroatoms. The molecule has 2 amide bonds. The van der Waals surface area contributed by atoms with Gasteiger partial charge in [0.2, 0.25) is 0 Å². The molecule has 24 heavy (non-hydrogen) atoms. The number of hydrogen-bond donors (Lipinski definition) is 2. The number of carbonyl (C=O) groups is 3. The van der Waals surface area contributed by atoms with Gasteiger partial charge in [-0.2, -0.15) is 0 Å². The van der Waals surface area contributed by atoms with E-state index in [1.54, 1.807) is 12.1 Å². The van der Waals surface area contributed by atoms with Crippen molar-refractivity contribution in [3.63, 3.8) is 0 Å². The van der Waals surface area contributed by atoms with Crippen LogP contribution in [0, 0.1) is 7.14 Å². The summed E-state index contributed by atoms with van der Waals surface area (Å²) in [5.41, 5.74) is 0.586. The van der Waals surface area contributed by atoms with Crippen molar-refractivity contribution in [3.05, 3.63) is 30.4 Å². The van der Waals surface area contributed by atoms with Crippen LogP contribution in [0.1, 0.15) is 5.56 Å². The number of carboxylic acids is 1. The van der Waals surface area contributed by atoms with Gasteiger partial charge < -0.3 is 9.84 Å². The number of nitrogens with one attached hydrogen (secondary N) is 1. The largest absolute Gasteiger partial charge is 0.480 e. The lowest BCUT2D eigenvalue weighted by molar-refractivity contribution is -0.139. The van der Waals surface area contributed by atoms with Gasteiger partial charge in [0.1, 0.15) is 11.3 Å². The van der Waals surface area contributed by atoms with Crippen molar-refractivity contribution in [2.45, 2.75) is 0 Å². The van der Waals surface area contributed by atoms with Gasteiger partial charge in [0, 0.05) is 7.05 Å². The average molecular weight is 572 g/mol. The van der Waals surface area contributed by atoms with Crippen LogP contribution in [0.25, 0.3) is 6.08 Å².